The van der Waals surface area contributed by atoms with Crippen molar-refractivity contribution in [3.05, 3.63) is 41.1 Å². The van der Waals surface area contributed by atoms with Crippen molar-refractivity contribution in [3.63, 3.8) is 0 Å². The van der Waals surface area contributed by atoms with E-state index in [1.54, 1.807) is 12.2 Å². The van der Waals surface area contributed by atoms with E-state index in [1.807, 2.05) is 0 Å². The molecule has 5 nitrogen and oxygen atoms in total. The van der Waals surface area contributed by atoms with Crippen LogP contribution in [-0.2, 0) is 16.3 Å². The van der Waals surface area contributed by atoms with Crippen molar-refractivity contribution in [2.75, 3.05) is 11.9 Å². The fourth-order valence-corrected chi connectivity index (χ4v) is 2.91. The zero-order valence-electron chi connectivity index (χ0n) is 12.9. The number of para-hydroxylation sites is 1. The number of rotatable bonds is 3. The molecule has 2 aromatic rings. The van der Waals surface area contributed by atoms with Crippen LogP contribution in [0.3, 0.4) is 0 Å². The number of thiol groups is 1. The second-order valence-electron chi connectivity index (χ2n) is 5.26. The van der Waals surface area contributed by atoms with Gasteiger partial charge in [0.25, 0.3) is 0 Å². The summed E-state index contributed by atoms with van der Waals surface area (Å²) in [5.74, 6) is -5.22. The summed E-state index contributed by atoms with van der Waals surface area (Å²) in [4.78, 5) is 12.2. The monoisotopic (exact) mass is 375 g/mol. The van der Waals surface area contributed by atoms with Gasteiger partial charge in [-0.25, -0.2) is 13.9 Å². The number of ether oxygens (including phenoxy) is 1. The molecule has 1 atom stereocenters. The molecule has 0 bridgehead atoms. The zero-order valence-corrected chi connectivity index (χ0v) is 13.8. The lowest BCUT2D eigenvalue weighted by Gasteiger charge is -2.35. The summed E-state index contributed by atoms with van der Waals surface area (Å²) >= 11 is 4.04. The van der Waals surface area contributed by atoms with E-state index >= 15 is 4.39 Å². The normalized spacial score (nSPS) is 19.0. The van der Waals surface area contributed by atoms with Crippen LogP contribution in [-0.4, -0.2) is 28.5 Å². The van der Waals surface area contributed by atoms with Gasteiger partial charge in [0.15, 0.2) is 0 Å². The highest BCUT2D eigenvalue weighted by Gasteiger charge is 2.61. The number of alkyl halides is 4. The summed E-state index contributed by atoms with van der Waals surface area (Å²) in [5, 5.41) is 5.91. The Kier molecular flexibility index (Phi) is 4.18. The van der Waals surface area contributed by atoms with Gasteiger partial charge in [-0.15, -0.1) is 0 Å². The van der Waals surface area contributed by atoms with E-state index in [-0.39, 0.29) is 29.3 Å². The fraction of sp³-hybridized carbons (Fsp3) is 0.333. The minimum atomic E-state index is -5.26. The minimum absolute atomic E-state index is 0.00604. The third-order valence-corrected chi connectivity index (χ3v) is 4.07. The number of nitrogens with one attached hydrogen (secondary N) is 1. The van der Waals surface area contributed by atoms with Crippen molar-refractivity contribution < 1.29 is 27.1 Å². The van der Waals surface area contributed by atoms with Gasteiger partial charge in [0.2, 0.25) is 0 Å². The number of aromatic nitrogens is 2. The Bertz CT molecular complexity index is 837. The predicted octanol–water partition coefficient (Wildman–Crippen LogP) is 3.59. The van der Waals surface area contributed by atoms with Gasteiger partial charge in [0, 0.05) is 11.3 Å². The van der Waals surface area contributed by atoms with Crippen molar-refractivity contribution in [3.8, 4) is 5.69 Å². The lowest BCUT2D eigenvalue weighted by atomic mass is 9.99. The Morgan fingerprint density at radius 2 is 2.08 bits per heavy atom. The van der Waals surface area contributed by atoms with Crippen LogP contribution in [0.15, 0.2) is 24.3 Å². The van der Waals surface area contributed by atoms with Crippen LogP contribution in [0, 0.1) is 0 Å². The molecule has 0 amide bonds. The lowest BCUT2D eigenvalue weighted by Crippen LogP contribution is -2.48. The van der Waals surface area contributed by atoms with Gasteiger partial charge in [-0.3, -0.25) is 0 Å². The Labute approximate surface area is 145 Å². The molecule has 1 aromatic heterocycles. The van der Waals surface area contributed by atoms with Gasteiger partial charge in [0.1, 0.15) is 11.4 Å². The number of carbonyl (C=O) groups excluding carboxylic acids is 1. The summed E-state index contributed by atoms with van der Waals surface area (Å²) in [6, 6.07) is 5.06. The van der Waals surface area contributed by atoms with Crippen molar-refractivity contribution >= 4 is 24.4 Å². The maximum atomic E-state index is 15.0. The molecule has 0 saturated heterocycles. The summed E-state index contributed by atoms with van der Waals surface area (Å²) in [5.41, 5.74) is -0.934. The molecule has 1 aliphatic heterocycles. The molecule has 25 heavy (non-hydrogen) atoms. The second kappa shape index (κ2) is 5.94. The third kappa shape index (κ3) is 2.55. The van der Waals surface area contributed by atoms with Gasteiger partial charge in [-0.05, 0) is 13.0 Å². The number of nitrogens with zero attached hydrogens (tertiary/aromatic N) is 2. The van der Waals surface area contributed by atoms with E-state index in [0.717, 1.165) is 10.7 Å². The molecule has 3 rings (SSSR count). The highest BCUT2D eigenvalue weighted by molar-refractivity contribution is 7.79. The highest BCUT2D eigenvalue weighted by atomic mass is 32.1. The van der Waals surface area contributed by atoms with Crippen molar-refractivity contribution in [2.24, 2.45) is 0 Å². The van der Waals surface area contributed by atoms with Crippen LogP contribution in [0.2, 0.25) is 0 Å². The van der Waals surface area contributed by atoms with Crippen molar-refractivity contribution in [1.29, 1.82) is 0 Å². The first-order valence-electron chi connectivity index (χ1n) is 7.28. The standard InChI is InChI=1S/C15H13F4N3O2S/c1-2-24-13(23)11-9(7-25)21-22-10-6-4-3-5-8(10)14(16,15(17,18)19)20-12(11)22/h3-6,20,25H,2,7H2,1H3. The third-order valence-electron chi connectivity index (χ3n) is 3.77. The quantitative estimate of drug-likeness (QED) is 0.373. The number of fused-ring (bicyclic) bond motifs is 3. The Hall–Kier alpha value is -2.23. The molecule has 1 N–H and O–H groups in total. The minimum Gasteiger partial charge on any atom is -0.462 e. The number of hydrogen-bond acceptors (Lipinski definition) is 5. The second-order valence-corrected chi connectivity index (χ2v) is 5.58. The number of carbonyl (C=O) groups is 1. The van der Waals surface area contributed by atoms with E-state index in [4.69, 9.17) is 4.74 Å². The molecule has 0 aliphatic carbocycles. The maximum absolute atomic E-state index is 15.0. The summed E-state index contributed by atoms with van der Waals surface area (Å²) in [7, 11) is 0. The summed E-state index contributed by atoms with van der Waals surface area (Å²) in [6.07, 6.45) is -5.26. The van der Waals surface area contributed by atoms with Crippen LogP contribution in [0.25, 0.3) is 5.69 Å². The molecule has 0 spiro atoms. The van der Waals surface area contributed by atoms with Crippen LogP contribution < -0.4 is 5.32 Å². The zero-order chi connectivity index (χ0) is 18.4. The van der Waals surface area contributed by atoms with Crippen LogP contribution >= 0.6 is 12.6 Å². The number of hydrogen-bond donors (Lipinski definition) is 2. The average molecular weight is 375 g/mol. The van der Waals surface area contributed by atoms with Gasteiger partial charge in [-0.1, -0.05) is 18.2 Å². The molecular weight excluding hydrogens is 362 g/mol. The first-order chi connectivity index (χ1) is 11.7. The van der Waals surface area contributed by atoms with Crippen LogP contribution in [0.5, 0.6) is 0 Å². The number of anilines is 1. The van der Waals surface area contributed by atoms with Gasteiger partial charge < -0.3 is 10.1 Å². The van der Waals surface area contributed by atoms with Gasteiger partial charge >= 0.3 is 17.9 Å². The van der Waals surface area contributed by atoms with E-state index in [1.165, 1.54) is 18.2 Å². The molecule has 0 fully saturated rings. The number of benzene rings is 1. The number of esters is 1. The highest BCUT2D eigenvalue weighted by Crippen LogP contribution is 2.49. The molecule has 10 heteroatoms. The fourth-order valence-electron chi connectivity index (χ4n) is 2.69. The average Bonchev–Trinajstić information content (AvgIpc) is 2.93. The van der Waals surface area contributed by atoms with Gasteiger partial charge in [0.05, 0.1) is 18.0 Å². The van der Waals surface area contributed by atoms with E-state index in [0.29, 0.717) is 0 Å². The van der Waals surface area contributed by atoms with Crippen molar-refractivity contribution in [2.45, 2.75) is 24.6 Å². The Morgan fingerprint density at radius 3 is 2.68 bits per heavy atom. The lowest BCUT2D eigenvalue weighted by molar-refractivity contribution is -0.225. The first-order valence-corrected chi connectivity index (χ1v) is 7.91. The number of halogens is 4. The SMILES string of the molecule is CCOC(=O)c1c(CS)nn2c1NC(F)(C(F)(F)F)c1ccccc1-2. The van der Waals surface area contributed by atoms with Gasteiger partial charge in [-0.2, -0.15) is 30.9 Å². The summed E-state index contributed by atoms with van der Waals surface area (Å²) < 4.78 is 61.4. The smallest absolute Gasteiger partial charge is 0.446 e. The van der Waals surface area contributed by atoms with E-state index in [9.17, 15) is 18.0 Å². The topological polar surface area (TPSA) is 56.1 Å². The largest absolute Gasteiger partial charge is 0.462 e. The molecular formula is C15H13F4N3O2S. The molecule has 2 heterocycles. The maximum Gasteiger partial charge on any atom is 0.446 e. The van der Waals surface area contributed by atoms with Crippen LogP contribution in [0.4, 0.5) is 23.4 Å². The molecule has 1 unspecified atom stereocenters. The Balaban J connectivity index is 2.30. The Morgan fingerprint density at radius 1 is 1.40 bits per heavy atom. The molecule has 0 radical (unpaired) electrons. The summed E-state index contributed by atoms with van der Waals surface area (Å²) in [6.45, 7) is 1.55. The van der Waals surface area contributed by atoms with Crippen molar-refractivity contribution in [1.82, 2.24) is 9.78 Å². The van der Waals surface area contributed by atoms with Crippen LogP contribution in [0.1, 0.15) is 28.5 Å². The molecule has 1 aromatic carbocycles. The molecule has 1 aliphatic rings. The first kappa shape index (κ1) is 17.6. The van der Waals surface area contributed by atoms with E-state index in [2.05, 4.69) is 17.7 Å². The molecule has 134 valence electrons. The molecule has 0 saturated carbocycles. The van der Waals surface area contributed by atoms with E-state index < -0.39 is 29.3 Å². The predicted molar refractivity (Wildman–Crippen MR) is 84.7 cm³/mol.